The summed E-state index contributed by atoms with van der Waals surface area (Å²) in [5, 5.41) is 2.46. The number of anilines is 3. The number of piperazine rings is 1. The van der Waals surface area contributed by atoms with E-state index in [-0.39, 0.29) is 35.3 Å². The topological polar surface area (TPSA) is 77.7 Å². The van der Waals surface area contributed by atoms with E-state index in [1.165, 1.54) is 30.5 Å². The number of piperidine rings is 1. The third-order valence-corrected chi connectivity index (χ3v) is 8.40. The number of amides is 1. The monoisotopic (exact) mass is 640 g/mol. The summed E-state index contributed by atoms with van der Waals surface area (Å²) in [6.45, 7) is 5.46. The number of carbonyl (C=O) groups excluding carboxylic acids is 1. The number of pyridine rings is 1. The minimum absolute atomic E-state index is 0.203. The highest BCUT2D eigenvalue weighted by molar-refractivity contribution is 6.03. The average Bonchev–Trinajstić information content (AvgIpc) is 3.51. The van der Waals surface area contributed by atoms with Crippen molar-refractivity contribution in [2.45, 2.75) is 32.0 Å². The van der Waals surface area contributed by atoms with E-state index in [1.807, 2.05) is 6.92 Å². The fourth-order valence-electron chi connectivity index (χ4n) is 6.10. The van der Waals surface area contributed by atoms with Gasteiger partial charge < -0.3 is 19.5 Å². The SMILES string of the molecule is CC1CCCN(c2nc(C(F)(F)F)c(C(=O)Nc3ccc(N4CCN(C(c5ccc(F)cc5)c5ccc(F)cc5)CC4)nc3)o2)C1. The summed E-state index contributed by atoms with van der Waals surface area (Å²) in [5.74, 6) is -1.73. The van der Waals surface area contributed by atoms with Crippen molar-refractivity contribution in [3.8, 4) is 0 Å². The minimum Gasteiger partial charge on any atom is -0.417 e. The second kappa shape index (κ2) is 13.1. The Morgan fingerprint density at radius 1 is 0.891 bits per heavy atom. The molecule has 1 amide bonds. The van der Waals surface area contributed by atoms with E-state index < -0.39 is 23.5 Å². The van der Waals surface area contributed by atoms with Crippen molar-refractivity contribution in [3.05, 3.63) is 101 Å². The van der Waals surface area contributed by atoms with Crippen LogP contribution in [0.3, 0.4) is 0 Å². The van der Waals surface area contributed by atoms with Gasteiger partial charge in [-0.2, -0.15) is 18.2 Å². The Morgan fingerprint density at radius 2 is 1.52 bits per heavy atom. The lowest BCUT2D eigenvalue weighted by Gasteiger charge is -2.40. The third kappa shape index (κ3) is 6.99. The van der Waals surface area contributed by atoms with Gasteiger partial charge in [-0.25, -0.2) is 13.8 Å². The standard InChI is InChI=1S/C33H33F5N6O2/c1-21-3-2-14-44(20-21)32-41-30(33(36,37)38)29(46-32)31(45)40-26-12-13-27(39-19-26)42-15-17-43(18-16-42)28(22-4-8-24(34)9-5-22)23-6-10-25(35)11-7-23/h4-13,19,21,28H,2-3,14-18,20H2,1H3,(H,40,45). The number of carbonyl (C=O) groups is 1. The molecule has 0 bridgehead atoms. The van der Waals surface area contributed by atoms with Crippen LogP contribution in [-0.4, -0.2) is 60.0 Å². The Balaban J connectivity index is 1.12. The number of hydrogen-bond acceptors (Lipinski definition) is 7. The molecule has 13 heteroatoms. The largest absolute Gasteiger partial charge is 0.437 e. The zero-order valence-electron chi connectivity index (χ0n) is 25.1. The first-order chi connectivity index (χ1) is 22.0. The molecule has 2 aliphatic heterocycles. The van der Waals surface area contributed by atoms with Crippen LogP contribution in [0.4, 0.5) is 39.5 Å². The van der Waals surface area contributed by atoms with E-state index >= 15 is 0 Å². The van der Waals surface area contributed by atoms with Crippen LogP contribution in [0.25, 0.3) is 0 Å². The van der Waals surface area contributed by atoms with Gasteiger partial charge in [0.25, 0.3) is 11.9 Å². The molecule has 2 saturated heterocycles. The number of nitrogens with zero attached hydrogens (tertiary/aromatic N) is 5. The second-order valence-corrected chi connectivity index (χ2v) is 11.8. The molecule has 6 rings (SSSR count). The van der Waals surface area contributed by atoms with E-state index in [0.29, 0.717) is 45.1 Å². The Labute approximate surface area is 262 Å². The van der Waals surface area contributed by atoms with Gasteiger partial charge in [0.15, 0.2) is 5.69 Å². The van der Waals surface area contributed by atoms with Crippen LogP contribution in [0.2, 0.25) is 0 Å². The van der Waals surface area contributed by atoms with Crippen molar-refractivity contribution in [3.63, 3.8) is 0 Å². The molecule has 0 spiro atoms. The summed E-state index contributed by atoms with van der Waals surface area (Å²) in [6.07, 6.45) is -1.73. The van der Waals surface area contributed by atoms with E-state index in [1.54, 1.807) is 41.3 Å². The van der Waals surface area contributed by atoms with Crippen molar-refractivity contribution >= 4 is 23.4 Å². The first-order valence-electron chi connectivity index (χ1n) is 15.2. The summed E-state index contributed by atoms with van der Waals surface area (Å²) >= 11 is 0. The molecule has 2 fully saturated rings. The van der Waals surface area contributed by atoms with Gasteiger partial charge in [0.05, 0.1) is 17.9 Å². The fourth-order valence-corrected chi connectivity index (χ4v) is 6.10. The van der Waals surface area contributed by atoms with Gasteiger partial charge >= 0.3 is 6.18 Å². The second-order valence-electron chi connectivity index (χ2n) is 11.8. The first-order valence-corrected chi connectivity index (χ1v) is 15.2. The summed E-state index contributed by atoms with van der Waals surface area (Å²) in [4.78, 5) is 27.0. The number of hydrogen-bond donors (Lipinski definition) is 1. The predicted octanol–water partition coefficient (Wildman–Crippen LogP) is 6.77. The van der Waals surface area contributed by atoms with Crippen LogP contribution >= 0.6 is 0 Å². The minimum atomic E-state index is -4.87. The Morgan fingerprint density at radius 3 is 2.07 bits per heavy atom. The maximum Gasteiger partial charge on any atom is 0.437 e. The van der Waals surface area contributed by atoms with Gasteiger partial charge in [0.2, 0.25) is 5.76 Å². The van der Waals surface area contributed by atoms with Crippen molar-refractivity contribution in [2.75, 3.05) is 54.4 Å². The summed E-state index contributed by atoms with van der Waals surface area (Å²) in [7, 11) is 0. The maximum atomic E-state index is 13.8. The van der Waals surface area contributed by atoms with Crippen LogP contribution in [0.5, 0.6) is 0 Å². The summed E-state index contributed by atoms with van der Waals surface area (Å²) < 4.78 is 74.1. The molecular weight excluding hydrogens is 607 g/mol. The fraction of sp³-hybridized carbons (Fsp3) is 0.364. The van der Waals surface area contributed by atoms with E-state index in [0.717, 1.165) is 24.0 Å². The molecule has 2 aromatic heterocycles. The summed E-state index contributed by atoms with van der Waals surface area (Å²) in [5.41, 5.74) is 0.619. The van der Waals surface area contributed by atoms with Crippen molar-refractivity contribution in [1.29, 1.82) is 0 Å². The molecule has 46 heavy (non-hydrogen) atoms. The molecule has 2 aromatic carbocycles. The van der Waals surface area contributed by atoms with E-state index in [4.69, 9.17) is 4.42 Å². The Bertz CT molecular complexity index is 1590. The lowest BCUT2D eigenvalue weighted by Crippen LogP contribution is -2.48. The van der Waals surface area contributed by atoms with Crippen LogP contribution in [0.1, 0.15) is 53.2 Å². The average molecular weight is 641 g/mol. The van der Waals surface area contributed by atoms with Gasteiger partial charge in [-0.1, -0.05) is 31.2 Å². The van der Waals surface area contributed by atoms with Crippen LogP contribution in [0, 0.1) is 17.6 Å². The van der Waals surface area contributed by atoms with Gasteiger partial charge in [-0.15, -0.1) is 0 Å². The highest BCUT2D eigenvalue weighted by Gasteiger charge is 2.42. The molecule has 0 aliphatic carbocycles. The van der Waals surface area contributed by atoms with Crippen molar-refractivity contribution < 1.29 is 31.2 Å². The number of rotatable bonds is 7. The molecule has 1 N–H and O–H groups in total. The first kappa shape index (κ1) is 31.5. The molecule has 242 valence electrons. The number of halogens is 5. The maximum absolute atomic E-state index is 13.8. The molecule has 4 aromatic rings. The van der Waals surface area contributed by atoms with Crippen molar-refractivity contribution in [2.24, 2.45) is 5.92 Å². The Hall–Kier alpha value is -4.52. The predicted molar refractivity (Wildman–Crippen MR) is 163 cm³/mol. The number of nitrogens with one attached hydrogen (secondary N) is 1. The molecule has 1 atom stereocenters. The van der Waals surface area contributed by atoms with Crippen LogP contribution in [0.15, 0.2) is 71.3 Å². The summed E-state index contributed by atoms with van der Waals surface area (Å²) in [6, 6.07) is 15.4. The van der Waals surface area contributed by atoms with Crippen LogP contribution < -0.4 is 15.1 Å². The zero-order valence-corrected chi connectivity index (χ0v) is 25.1. The molecular formula is C33H33F5N6O2. The van der Waals surface area contributed by atoms with Gasteiger partial charge in [-0.3, -0.25) is 9.69 Å². The van der Waals surface area contributed by atoms with Gasteiger partial charge in [0, 0.05) is 39.3 Å². The quantitative estimate of drug-likeness (QED) is 0.224. The zero-order chi connectivity index (χ0) is 32.4. The third-order valence-electron chi connectivity index (χ3n) is 8.40. The number of aromatic nitrogens is 2. The smallest absolute Gasteiger partial charge is 0.417 e. The lowest BCUT2D eigenvalue weighted by atomic mass is 9.96. The number of oxazole rings is 1. The van der Waals surface area contributed by atoms with Gasteiger partial charge in [0.1, 0.15) is 17.5 Å². The molecule has 2 aliphatic rings. The van der Waals surface area contributed by atoms with E-state index in [2.05, 4.69) is 25.1 Å². The number of benzene rings is 2. The molecule has 1 unspecified atom stereocenters. The van der Waals surface area contributed by atoms with E-state index in [9.17, 15) is 26.7 Å². The van der Waals surface area contributed by atoms with Gasteiger partial charge in [-0.05, 0) is 66.3 Å². The van der Waals surface area contributed by atoms with Crippen LogP contribution in [-0.2, 0) is 6.18 Å². The molecule has 0 radical (unpaired) electrons. The van der Waals surface area contributed by atoms with Crippen molar-refractivity contribution in [1.82, 2.24) is 14.9 Å². The lowest BCUT2D eigenvalue weighted by molar-refractivity contribution is -0.141. The molecule has 8 nitrogen and oxygen atoms in total. The molecule has 4 heterocycles. The normalized spacial score (nSPS) is 17.8. The number of alkyl halides is 3. The highest BCUT2D eigenvalue weighted by atomic mass is 19.4. The molecule has 0 saturated carbocycles. The highest BCUT2D eigenvalue weighted by Crippen LogP contribution is 2.36. The Kier molecular flexibility index (Phi) is 8.94.